The zero-order valence-electron chi connectivity index (χ0n) is 9.87. The van der Waals surface area contributed by atoms with Crippen LogP contribution in [0.2, 0.25) is 0 Å². The van der Waals surface area contributed by atoms with E-state index in [4.69, 9.17) is 0 Å². The number of fused-ring (bicyclic) bond motifs is 1. The average Bonchev–Trinajstić information content (AvgIpc) is 2.85. The van der Waals surface area contributed by atoms with Gasteiger partial charge in [-0.05, 0) is 23.8 Å². The van der Waals surface area contributed by atoms with Gasteiger partial charge >= 0.3 is 6.18 Å². The lowest BCUT2D eigenvalue weighted by molar-refractivity contribution is -0.139. The van der Waals surface area contributed by atoms with Gasteiger partial charge in [-0.15, -0.1) is 0 Å². The lowest BCUT2D eigenvalue weighted by atomic mass is 10.0. The smallest absolute Gasteiger partial charge is 0.276 e. The summed E-state index contributed by atoms with van der Waals surface area (Å²) in [4.78, 5) is 4.06. The van der Waals surface area contributed by atoms with E-state index in [1.54, 1.807) is 6.07 Å². The number of halogens is 4. The van der Waals surface area contributed by atoms with Crippen molar-refractivity contribution < 1.29 is 17.6 Å². The molecule has 0 fully saturated rings. The van der Waals surface area contributed by atoms with Gasteiger partial charge in [-0.2, -0.15) is 18.3 Å². The molecule has 0 aliphatic rings. The van der Waals surface area contributed by atoms with Crippen molar-refractivity contribution in [2.45, 2.75) is 6.18 Å². The van der Waals surface area contributed by atoms with Gasteiger partial charge in [0.1, 0.15) is 11.3 Å². The molecule has 0 bridgehead atoms. The van der Waals surface area contributed by atoms with Crippen LogP contribution in [0.25, 0.3) is 22.2 Å². The van der Waals surface area contributed by atoms with Crippen molar-refractivity contribution >= 4 is 11.0 Å². The number of hydrogen-bond acceptors (Lipinski definition) is 2. The largest absolute Gasteiger partial charge is 0.419 e. The second-order valence-electron chi connectivity index (χ2n) is 4.22. The number of benzene rings is 1. The number of hydrogen-bond donors (Lipinski definition) is 1. The fraction of sp³-hybridized carbons (Fsp3) is 0.0769. The Morgan fingerprint density at radius 1 is 1.00 bits per heavy atom. The molecule has 20 heavy (non-hydrogen) atoms. The van der Waals surface area contributed by atoms with E-state index in [1.807, 2.05) is 0 Å². The van der Waals surface area contributed by atoms with Gasteiger partial charge in [0, 0.05) is 11.8 Å². The highest BCUT2D eigenvalue weighted by Gasteiger charge is 2.34. The van der Waals surface area contributed by atoms with Crippen LogP contribution < -0.4 is 0 Å². The number of rotatable bonds is 1. The highest BCUT2D eigenvalue weighted by atomic mass is 19.4. The lowest BCUT2D eigenvalue weighted by Gasteiger charge is -2.10. The Bertz CT molecular complexity index is 777. The Balaban J connectivity index is 2.14. The van der Waals surface area contributed by atoms with Crippen LogP contribution in [0.15, 0.2) is 36.7 Å². The normalized spacial score (nSPS) is 12.0. The van der Waals surface area contributed by atoms with E-state index in [-0.39, 0.29) is 5.56 Å². The van der Waals surface area contributed by atoms with Gasteiger partial charge in [-0.1, -0.05) is 6.07 Å². The van der Waals surface area contributed by atoms with Crippen LogP contribution in [0.5, 0.6) is 0 Å². The third-order valence-electron chi connectivity index (χ3n) is 2.90. The minimum atomic E-state index is -4.73. The first kappa shape index (κ1) is 12.6. The van der Waals surface area contributed by atoms with Crippen molar-refractivity contribution in [2.24, 2.45) is 0 Å². The number of nitrogens with zero attached hydrogens (tertiary/aromatic N) is 2. The van der Waals surface area contributed by atoms with Crippen LogP contribution in [0, 0.1) is 5.82 Å². The highest BCUT2D eigenvalue weighted by molar-refractivity contribution is 5.79. The van der Waals surface area contributed by atoms with Gasteiger partial charge < -0.3 is 0 Å². The van der Waals surface area contributed by atoms with Crippen molar-refractivity contribution in [3.63, 3.8) is 0 Å². The Morgan fingerprint density at radius 2 is 1.80 bits per heavy atom. The molecule has 0 spiro atoms. The first-order valence-corrected chi connectivity index (χ1v) is 5.61. The maximum absolute atomic E-state index is 13.2. The molecule has 0 aliphatic carbocycles. The lowest BCUT2D eigenvalue weighted by Crippen LogP contribution is -2.08. The molecule has 0 atom stereocenters. The summed E-state index contributed by atoms with van der Waals surface area (Å²) in [5.74, 6) is -1.29. The molecule has 3 nitrogen and oxygen atoms in total. The Kier molecular flexibility index (Phi) is 2.70. The van der Waals surface area contributed by atoms with E-state index in [2.05, 4.69) is 15.2 Å². The maximum atomic E-state index is 13.2. The van der Waals surface area contributed by atoms with Crippen LogP contribution in [-0.2, 0) is 6.18 Å². The molecule has 2 aromatic heterocycles. The summed E-state index contributed by atoms with van der Waals surface area (Å²) in [5.41, 5.74) is 0.599. The van der Waals surface area contributed by atoms with Gasteiger partial charge in [0.25, 0.3) is 0 Å². The first-order chi connectivity index (χ1) is 9.45. The van der Waals surface area contributed by atoms with Crippen molar-refractivity contribution in [3.8, 4) is 11.1 Å². The molecule has 102 valence electrons. The third-order valence-corrected chi connectivity index (χ3v) is 2.90. The molecule has 3 rings (SSSR count). The van der Waals surface area contributed by atoms with E-state index in [9.17, 15) is 17.6 Å². The fourth-order valence-corrected chi connectivity index (χ4v) is 1.91. The summed E-state index contributed by atoms with van der Waals surface area (Å²) < 4.78 is 51.3. The molecule has 0 unspecified atom stereocenters. The van der Waals surface area contributed by atoms with Crippen LogP contribution in [0.1, 0.15) is 5.56 Å². The fourth-order valence-electron chi connectivity index (χ4n) is 1.91. The topological polar surface area (TPSA) is 41.6 Å². The number of aromatic amines is 1. The van der Waals surface area contributed by atoms with E-state index in [1.165, 1.54) is 18.5 Å². The maximum Gasteiger partial charge on any atom is 0.419 e. The molecule has 2 heterocycles. The molecule has 0 aliphatic heterocycles. The Labute approximate surface area is 110 Å². The van der Waals surface area contributed by atoms with Crippen LogP contribution in [0.3, 0.4) is 0 Å². The number of pyridine rings is 1. The zero-order valence-corrected chi connectivity index (χ0v) is 9.87. The van der Waals surface area contributed by atoms with Crippen molar-refractivity contribution in [3.05, 3.63) is 48.0 Å². The van der Waals surface area contributed by atoms with E-state index < -0.39 is 17.6 Å². The SMILES string of the molecule is Fc1ccc(-c2cnc3cn[nH]c3c2)cc1C(F)(F)F. The molecular weight excluding hydrogens is 274 g/mol. The minimum Gasteiger partial charge on any atom is -0.276 e. The predicted octanol–water partition coefficient (Wildman–Crippen LogP) is 3.78. The average molecular weight is 281 g/mol. The van der Waals surface area contributed by atoms with Gasteiger partial charge in [0.05, 0.1) is 17.3 Å². The molecule has 0 amide bonds. The number of alkyl halides is 3. The second kappa shape index (κ2) is 4.29. The van der Waals surface area contributed by atoms with Crippen molar-refractivity contribution in [2.75, 3.05) is 0 Å². The molecule has 0 saturated heterocycles. The quantitative estimate of drug-likeness (QED) is 0.690. The Morgan fingerprint density at radius 3 is 2.55 bits per heavy atom. The highest BCUT2D eigenvalue weighted by Crippen LogP contribution is 2.34. The molecule has 1 N–H and O–H groups in total. The number of aromatic nitrogens is 3. The van der Waals surface area contributed by atoms with Gasteiger partial charge in [0.2, 0.25) is 0 Å². The van der Waals surface area contributed by atoms with Crippen molar-refractivity contribution in [1.82, 2.24) is 15.2 Å². The van der Waals surface area contributed by atoms with E-state index in [0.29, 0.717) is 16.6 Å². The van der Waals surface area contributed by atoms with Crippen LogP contribution in [0.4, 0.5) is 17.6 Å². The third kappa shape index (κ3) is 2.11. The minimum absolute atomic E-state index is 0.239. The summed E-state index contributed by atoms with van der Waals surface area (Å²) >= 11 is 0. The van der Waals surface area contributed by atoms with Gasteiger partial charge in [0.15, 0.2) is 0 Å². The number of nitrogens with one attached hydrogen (secondary N) is 1. The zero-order chi connectivity index (χ0) is 14.3. The summed E-state index contributed by atoms with van der Waals surface area (Å²) in [6, 6.07) is 4.47. The molecular formula is C13H7F4N3. The second-order valence-corrected chi connectivity index (χ2v) is 4.22. The van der Waals surface area contributed by atoms with E-state index >= 15 is 0 Å². The van der Waals surface area contributed by atoms with Gasteiger partial charge in [-0.3, -0.25) is 10.1 Å². The standard InChI is InChI=1S/C13H7F4N3/c14-10-2-1-7(3-9(10)13(15,16)17)8-4-11-12(18-5-8)6-19-20-11/h1-6H,(H,19,20). The van der Waals surface area contributed by atoms with Crippen molar-refractivity contribution in [1.29, 1.82) is 0 Å². The summed E-state index contributed by atoms with van der Waals surface area (Å²) in [5, 5.41) is 6.46. The van der Waals surface area contributed by atoms with Gasteiger partial charge in [-0.25, -0.2) is 4.39 Å². The summed E-state index contributed by atoms with van der Waals surface area (Å²) in [7, 11) is 0. The Hall–Kier alpha value is -2.44. The molecule has 0 saturated carbocycles. The monoisotopic (exact) mass is 281 g/mol. The number of H-pyrrole nitrogens is 1. The molecule has 7 heteroatoms. The summed E-state index contributed by atoms with van der Waals surface area (Å²) in [6.07, 6.45) is -1.80. The molecule has 1 aromatic carbocycles. The van der Waals surface area contributed by atoms with Crippen LogP contribution >= 0.6 is 0 Å². The first-order valence-electron chi connectivity index (χ1n) is 5.61. The van der Waals surface area contributed by atoms with Crippen LogP contribution in [-0.4, -0.2) is 15.2 Å². The predicted molar refractivity (Wildman–Crippen MR) is 64.3 cm³/mol. The molecule has 0 radical (unpaired) electrons. The summed E-state index contributed by atoms with van der Waals surface area (Å²) in [6.45, 7) is 0. The van der Waals surface area contributed by atoms with E-state index in [0.717, 1.165) is 12.1 Å². The molecule has 3 aromatic rings.